The smallest absolute Gasteiger partial charge is 0.0547 e. The van der Waals surface area contributed by atoms with Gasteiger partial charge in [0.15, 0.2) is 0 Å². The van der Waals surface area contributed by atoms with Crippen LogP contribution in [-0.2, 0) is 0 Å². The minimum absolute atomic E-state index is 1.09. The molecule has 0 aliphatic heterocycles. The van der Waals surface area contributed by atoms with Gasteiger partial charge in [-0.2, -0.15) is 0 Å². The predicted molar refractivity (Wildman–Crippen MR) is 255 cm³/mol. The Labute approximate surface area is 350 Å². The summed E-state index contributed by atoms with van der Waals surface area (Å²) in [7, 11) is 0. The van der Waals surface area contributed by atoms with Crippen molar-refractivity contribution in [3.63, 3.8) is 0 Å². The fraction of sp³-hybridized carbons (Fsp3) is 0. The van der Waals surface area contributed by atoms with Gasteiger partial charge in [0.05, 0.1) is 11.0 Å². The quantitative estimate of drug-likeness (QED) is 0.150. The maximum Gasteiger partial charge on any atom is 0.0547 e. The third-order valence-electron chi connectivity index (χ3n) is 11.7. The second-order valence-corrected chi connectivity index (χ2v) is 15.4. The Morgan fingerprint density at radius 2 is 0.767 bits per heavy atom. The van der Waals surface area contributed by atoms with Gasteiger partial charge in [0.1, 0.15) is 0 Å². The van der Waals surface area contributed by atoms with Gasteiger partial charge in [0.2, 0.25) is 0 Å². The monoisotopic (exact) mass is 764 g/mol. The van der Waals surface area contributed by atoms with Crippen LogP contribution in [0.2, 0.25) is 0 Å². The lowest BCUT2D eigenvalue weighted by molar-refractivity contribution is 1.18. The minimum Gasteiger partial charge on any atom is -0.310 e. The molecule has 0 amide bonds. The number of rotatable bonds is 8. The van der Waals surface area contributed by atoms with Gasteiger partial charge in [-0.05, 0) is 128 Å². The highest BCUT2D eigenvalue weighted by Crippen LogP contribution is 2.43. The Morgan fingerprint density at radius 1 is 0.283 bits per heavy atom. The van der Waals surface area contributed by atoms with Crippen LogP contribution in [0, 0.1) is 0 Å². The fourth-order valence-electron chi connectivity index (χ4n) is 8.85. The Hall–Kier alpha value is -7.94. The van der Waals surface area contributed by atoms with Crippen molar-refractivity contribution in [3.05, 3.63) is 243 Å². The molecule has 0 bridgehead atoms. The summed E-state index contributed by atoms with van der Waals surface area (Å²) in [6.07, 6.45) is 0. The number of nitrogens with zero attached hydrogens (tertiary/aromatic N) is 2. The average Bonchev–Trinajstić information content (AvgIpc) is 3.65. The lowest BCUT2D eigenvalue weighted by atomic mass is 9.97. The molecular formula is C58H40N2. The number of anilines is 3. The lowest BCUT2D eigenvalue weighted by Crippen LogP contribution is -2.10. The number of hydrogen-bond acceptors (Lipinski definition) is 1. The van der Waals surface area contributed by atoms with Gasteiger partial charge in [0.25, 0.3) is 0 Å². The van der Waals surface area contributed by atoms with E-state index in [-0.39, 0.29) is 0 Å². The van der Waals surface area contributed by atoms with Gasteiger partial charge in [0, 0.05) is 33.5 Å². The van der Waals surface area contributed by atoms with Crippen molar-refractivity contribution in [1.82, 2.24) is 4.57 Å². The first-order valence-corrected chi connectivity index (χ1v) is 20.6. The summed E-state index contributed by atoms with van der Waals surface area (Å²) >= 11 is 0. The zero-order valence-electron chi connectivity index (χ0n) is 33.0. The molecule has 0 saturated carbocycles. The van der Waals surface area contributed by atoms with E-state index in [4.69, 9.17) is 0 Å². The van der Waals surface area contributed by atoms with Gasteiger partial charge >= 0.3 is 0 Å². The molecule has 282 valence electrons. The molecule has 0 aliphatic carbocycles. The van der Waals surface area contributed by atoms with Gasteiger partial charge in [-0.15, -0.1) is 0 Å². The number of para-hydroxylation sites is 1. The van der Waals surface area contributed by atoms with Crippen molar-refractivity contribution in [2.24, 2.45) is 0 Å². The summed E-state index contributed by atoms with van der Waals surface area (Å²) in [5, 5.41) is 4.97. The predicted octanol–water partition coefficient (Wildman–Crippen LogP) is 16.1. The first-order chi connectivity index (χ1) is 29.7. The fourth-order valence-corrected chi connectivity index (χ4v) is 8.85. The highest BCUT2D eigenvalue weighted by molar-refractivity contribution is 6.18. The normalized spacial score (nSPS) is 11.3. The van der Waals surface area contributed by atoms with E-state index < -0.39 is 0 Å². The second-order valence-electron chi connectivity index (χ2n) is 15.4. The van der Waals surface area contributed by atoms with Crippen LogP contribution in [0.3, 0.4) is 0 Å². The molecule has 0 N–H and O–H groups in total. The van der Waals surface area contributed by atoms with Crippen molar-refractivity contribution in [2.45, 2.75) is 0 Å². The van der Waals surface area contributed by atoms with Crippen LogP contribution in [0.5, 0.6) is 0 Å². The largest absolute Gasteiger partial charge is 0.310 e. The van der Waals surface area contributed by atoms with Crippen LogP contribution in [0.4, 0.5) is 17.1 Å². The average molecular weight is 765 g/mol. The molecule has 0 aliphatic rings. The van der Waals surface area contributed by atoms with E-state index in [0.717, 1.165) is 22.7 Å². The number of hydrogen-bond donors (Lipinski definition) is 0. The summed E-state index contributed by atoms with van der Waals surface area (Å²) < 4.78 is 2.42. The topological polar surface area (TPSA) is 8.17 Å². The molecule has 2 heteroatoms. The van der Waals surface area contributed by atoms with Gasteiger partial charge in [-0.1, -0.05) is 170 Å². The molecule has 1 aromatic heterocycles. The molecule has 1 heterocycles. The first-order valence-electron chi connectivity index (χ1n) is 20.6. The molecule has 11 aromatic rings. The molecule has 10 aromatic carbocycles. The molecule has 60 heavy (non-hydrogen) atoms. The molecule has 0 fully saturated rings. The molecule has 0 radical (unpaired) electrons. The van der Waals surface area contributed by atoms with Crippen molar-refractivity contribution < 1.29 is 0 Å². The van der Waals surface area contributed by atoms with Gasteiger partial charge in [-0.3, -0.25) is 0 Å². The van der Waals surface area contributed by atoms with Crippen LogP contribution in [0.25, 0.3) is 82.8 Å². The Balaban J connectivity index is 1.05. The third kappa shape index (κ3) is 6.41. The molecule has 11 rings (SSSR count). The van der Waals surface area contributed by atoms with E-state index in [0.29, 0.717) is 0 Å². The Morgan fingerprint density at radius 3 is 1.42 bits per heavy atom. The van der Waals surface area contributed by atoms with Crippen molar-refractivity contribution >= 4 is 49.6 Å². The highest BCUT2D eigenvalue weighted by Gasteiger charge is 2.19. The summed E-state index contributed by atoms with van der Waals surface area (Å²) in [6.45, 7) is 0. The summed E-state index contributed by atoms with van der Waals surface area (Å²) in [5.41, 5.74) is 16.4. The van der Waals surface area contributed by atoms with Crippen LogP contribution in [-0.4, -0.2) is 4.57 Å². The molecule has 0 saturated heterocycles. The van der Waals surface area contributed by atoms with E-state index in [1.54, 1.807) is 0 Å². The zero-order valence-corrected chi connectivity index (χ0v) is 33.0. The minimum atomic E-state index is 1.09. The van der Waals surface area contributed by atoms with E-state index in [1.165, 1.54) is 77.1 Å². The second kappa shape index (κ2) is 15.1. The molecule has 0 atom stereocenters. The number of aromatic nitrogens is 1. The number of benzene rings is 10. The lowest BCUT2D eigenvalue weighted by Gasteiger charge is -2.26. The summed E-state index contributed by atoms with van der Waals surface area (Å²) in [6, 6.07) is 87.9. The standard InChI is InChI=1S/C58H40N2/c1-4-15-41(16-5-1)43-29-33-51(34-30-43)59(52-35-31-44(32-36-52)46-22-12-21-45(37-46)42-17-6-2-7-18-42)53-26-13-23-49(38-53)54-27-14-28-56-58(54)55-39-47-19-10-11-20-48(47)40-57(55)60(56)50-24-8-3-9-25-50/h1-40H. The highest BCUT2D eigenvalue weighted by atomic mass is 15.1. The summed E-state index contributed by atoms with van der Waals surface area (Å²) in [4.78, 5) is 2.38. The van der Waals surface area contributed by atoms with Crippen molar-refractivity contribution in [1.29, 1.82) is 0 Å². The Bertz CT molecular complexity index is 3270. The van der Waals surface area contributed by atoms with E-state index >= 15 is 0 Å². The molecule has 0 unspecified atom stereocenters. The van der Waals surface area contributed by atoms with Crippen molar-refractivity contribution in [3.8, 4) is 50.2 Å². The van der Waals surface area contributed by atoms with E-state index in [2.05, 4.69) is 252 Å². The maximum absolute atomic E-state index is 2.42. The van der Waals surface area contributed by atoms with Gasteiger partial charge in [-0.25, -0.2) is 0 Å². The Kier molecular flexibility index (Phi) is 8.87. The third-order valence-corrected chi connectivity index (χ3v) is 11.7. The van der Waals surface area contributed by atoms with E-state index in [1.807, 2.05) is 0 Å². The summed E-state index contributed by atoms with van der Waals surface area (Å²) in [5.74, 6) is 0. The molecule has 2 nitrogen and oxygen atoms in total. The molecule has 0 spiro atoms. The van der Waals surface area contributed by atoms with Crippen molar-refractivity contribution in [2.75, 3.05) is 4.90 Å². The van der Waals surface area contributed by atoms with Crippen LogP contribution in [0.1, 0.15) is 0 Å². The van der Waals surface area contributed by atoms with Gasteiger partial charge < -0.3 is 9.47 Å². The maximum atomic E-state index is 2.42. The van der Waals surface area contributed by atoms with Crippen LogP contribution < -0.4 is 4.90 Å². The molecular weight excluding hydrogens is 725 g/mol. The van der Waals surface area contributed by atoms with Crippen LogP contribution >= 0.6 is 0 Å². The SMILES string of the molecule is c1ccc(-c2ccc(N(c3ccc(-c4cccc(-c5ccccc5)c4)cc3)c3cccc(-c4cccc5c4c4cc6ccccc6cc4n5-c4ccccc4)c3)cc2)cc1. The zero-order chi connectivity index (χ0) is 39.8. The first kappa shape index (κ1) is 35.2. The van der Waals surface area contributed by atoms with E-state index in [9.17, 15) is 0 Å². The van der Waals surface area contributed by atoms with Crippen LogP contribution in [0.15, 0.2) is 243 Å². The number of fused-ring (bicyclic) bond motifs is 4.